The minimum absolute atomic E-state index is 0.106. The number of thiazole rings is 1. The van der Waals surface area contributed by atoms with Gasteiger partial charge in [-0.1, -0.05) is 30.3 Å². The molecule has 3 aromatic carbocycles. The molecule has 146 valence electrons. The molecule has 4 rings (SSSR count). The van der Waals surface area contributed by atoms with Crippen molar-refractivity contribution in [3.05, 3.63) is 72.3 Å². The van der Waals surface area contributed by atoms with E-state index in [1.807, 2.05) is 61.5 Å². The normalized spacial score (nSPS) is 10.7. The van der Waals surface area contributed by atoms with Gasteiger partial charge in [0.1, 0.15) is 5.01 Å². The summed E-state index contributed by atoms with van der Waals surface area (Å²) in [4.78, 5) is 17.0. The second-order valence-corrected chi connectivity index (χ2v) is 7.59. The van der Waals surface area contributed by atoms with E-state index in [0.29, 0.717) is 17.2 Å². The number of anilines is 1. The van der Waals surface area contributed by atoms with Crippen LogP contribution in [0.1, 0.15) is 5.56 Å². The summed E-state index contributed by atoms with van der Waals surface area (Å²) < 4.78 is 12.1. The molecule has 0 atom stereocenters. The van der Waals surface area contributed by atoms with Crippen molar-refractivity contribution in [3.63, 3.8) is 0 Å². The van der Waals surface area contributed by atoms with Gasteiger partial charge < -0.3 is 14.8 Å². The average Bonchev–Trinajstić information content (AvgIpc) is 3.17. The van der Waals surface area contributed by atoms with E-state index in [1.54, 1.807) is 24.5 Å². The molecule has 0 aliphatic carbocycles. The van der Waals surface area contributed by atoms with E-state index < -0.39 is 0 Å². The van der Waals surface area contributed by atoms with Crippen LogP contribution in [0.2, 0.25) is 0 Å². The van der Waals surface area contributed by atoms with E-state index in [2.05, 4.69) is 16.4 Å². The van der Waals surface area contributed by atoms with Crippen LogP contribution in [0.4, 0.5) is 5.69 Å². The summed E-state index contributed by atoms with van der Waals surface area (Å²) in [7, 11) is 1.58. The number of aromatic nitrogens is 1. The van der Waals surface area contributed by atoms with Gasteiger partial charge in [-0.3, -0.25) is 4.79 Å². The summed E-state index contributed by atoms with van der Waals surface area (Å²) in [5, 5.41) is 3.80. The molecule has 1 amide bonds. The molecule has 0 aliphatic heterocycles. The summed E-state index contributed by atoms with van der Waals surface area (Å²) in [5.41, 5.74) is 3.70. The van der Waals surface area contributed by atoms with Crippen LogP contribution >= 0.6 is 11.3 Å². The van der Waals surface area contributed by atoms with Crippen LogP contribution in [-0.2, 0) is 4.79 Å². The van der Waals surface area contributed by atoms with Gasteiger partial charge in [-0.05, 0) is 48.9 Å². The second kappa shape index (κ2) is 8.32. The highest BCUT2D eigenvalue weighted by Gasteiger charge is 2.10. The summed E-state index contributed by atoms with van der Waals surface area (Å²) in [5.74, 6) is 0.904. The number of nitrogens with one attached hydrogen (secondary N) is 1. The number of ether oxygens (including phenoxy) is 2. The largest absolute Gasteiger partial charge is 0.493 e. The standard InChI is InChI=1S/C23H20N2O3S/c1-15-10-11-19(20(12-15)27-2)28-14-22(26)24-17-7-5-6-16(13-17)23-25-18-8-3-4-9-21(18)29-23/h3-13H,14H2,1-2H3,(H,24,26). The highest BCUT2D eigenvalue weighted by molar-refractivity contribution is 7.21. The molecule has 0 spiro atoms. The minimum Gasteiger partial charge on any atom is -0.493 e. The van der Waals surface area contributed by atoms with E-state index in [1.165, 1.54) is 0 Å². The number of aryl methyl sites for hydroxylation is 1. The highest BCUT2D eigenvalue weighted by Crippen LogP contribution is 2.31. The van der Waals surface area contributed by atoms with Crippen molar-refractivity contribution < 1.29 is 14.3 Å². The van der Waals surface area contributed by atoms with Crippen molar-refractivity contribution in [3.8, 4) is 22.1 Å². The minimum atomic E-state index is -0.242. The monoisotopic (exact) mass is 404 g/mol. The van der Waals surface area contributed by atoms with Crippen LogP contribution in [0.3, 0.4) is 0 Å². The Bertz CT molecular complexity index is 1140. The quantitative estimate of drug-likeness (QED) is 0.474. The van der Waals surface area contributed by atoms with Crippen LogP contribution in [0.15, 0.2) is 66.7 Å². The first-order valence-corrected chi connectivity index (χ1v) is 9.97. The third-order valence-electron chi connectivity index (χ3n) is 4.37. The first kappa shape index (κ1) is 19.0. The molecule has 1 aromatic heterocycles. The van der Waals surface area contributed by atoms with Crippen molar-refractivity contribution in [1.82, 2.24) is 4.98 Å². The summed E-state index contributed by atoms with van der Waals surface area (Å²) in [6, 6.07) is 21.3. The SMILES string of the molecule is COc1cc(C)ccc1OCC(=O)Nc1cccc(-c2nc3ccccc3s2)c1. The summed E-state index contributed by atoms with van der Waals surface area (Å²) >= 11 is 1.63. The van der Waals surface area contributed by atoms with Crippen LogP contribution in [0.5, 0.6) is 11.5 Å². The Labute approximate surface area is 172 Å². The van der Waals surface area contributed by atoms with Gasteiger partial charge in [0.25, 0.3) is 5.91 Å². The zero-order valence-corrected chi connectivity index (χ0v) is 17.0. The second-order valence-electron chi connectivity index (χ2n) is 6.56. The van der Waals surface area contributed by atoms with E-state index >= 15 is 0 Å². The lowest BCUT2D eigenvalue weighted by Gasteiger charge is -2.11. The predicted octanol–water partition coefficient (Wildman–Crippen LogP) is 5.30. The van der Waals surface area contributed by atoms with Crippen molar-refractivity contribution in [2.24, 2.45) is 0 Å². The van der Waals surface area contributed by atoms with Gasteiger partial charge in [0, 0.05) is 11.3 Å². The van der Waals surface area contributed by atoms with Gasteiger partial charge in [-0.15, -0.1) is 11.3 Å². The van der Waals surface area contributed by atoms with Gasteiger partial charge >= 0.3 is 0 Å². The number of para-hydroxylation sites is 1. The molecule has 0 radical (unpaired) electrons. The topological polar surface area (TPSA) is 60.5 Å². The van der Waals surface area contributed by atoms with E-state index in [-0.39, 0.29) is 12.5 Å². The molecule has 0 fully saturated rings. The summed E-state index contributed by atoms with van der Waals surface area (Å²) in [6.07, 6.45) is 0. The molecular formula is C23H20N2O3S. The Balaban J connectivity index is 1.44. The first-order valence-electron chi connectivity index (χ1n) is 9.16. The average molecular weight is 404 g/mol. The van der Waals surface area contributed by atoms with Crippen LogP contribution in [-0.4, -0.2) is 24.6 Å². The Kier molecular flexibility index (Phi) is 5.44. The fraction of sp³-hybridized carbons (Fsp3) is 0.130. The number of rotatable bonds is 6. The van der Waals surface area contributed by atoms with Crippen LogP contribution in [0, 0.1) is 6.92 Å². The number of nitrogens with zero attached hydrogens (tertiary/aromatic N) is 1. The number of hydrogen-bond donors (Lipinski definition) is 1. The highest BCUT2D eigenvalue weighted by atomic mass is 32.1. The van der Waals surface area contributed by atoms with Gasteiger partial charge in [0.2, 0.25) is 0 Å². The lowest BCUT2D eigenvalue weighted by molar-refractivity contribution is -0.118. The zero-order chi connectivity index (χ0) is 20.2. The maximum absolute atomic E-state index is 12.4. The van der Waals surface area contributed by atoms with Gasteiger partial charge in [0.15, 0.2) is 18.1 Å². The fourth-order valence-electron chi connectivity index (χ4n) is 2.96. The molecule has 0 unspecified atom stereocenters. The van der Waals surface area contributed by atoms with E-state index in [9.17, 15) is 4.79 Å². The Hall–Kier alpha value is -3.38. The Morgan fingerprint density at radius 1 is 1.03 bits per heavy atom. The van der Waals surface area contributed by atoms with Crippen molar-refractivity contribution in [1.29, 1.82) is 0 Å². The molecule has 1 N–H and O–H groups in total. The molecule has 0 aliphatic rings. The molecule has 0 bridgehead atoms. The number of amides is 1. The number of carbonyl (C=O) groups excluding carboxylic acids is 1. The summed E-state index contributed by atoms with van der Waals surface area (Å²) in [6.45, 7) is 1.86. The number of benzene rings is 3. The maximum Gasteiger partial charge on any atom is 0.262 e. The Morgan fingerprint density at radius 3 is 2.72 bits per heavy atom. The van der Waals surface area contributed by atoms with Crippen molar-refractivity contribution in [2.75, 3.05) is 19.0 Å². The zero-order valence-electron chi connectivity index (χ0n) is 16.1. The van der Waals surface area contributed by atoms with Crippen LogP contribution in [0.25, 0.3) is 20.8 Å². The Morgan fingerprint density at radius 2 is 1.90 bits per heavy atom. The lowest BCUT2D eigenvalue weighted by Crippen LogP contribution is -2.20. The van der Waals surface area contributed by atoms with Gasteiger partial charge in [-0.25, -0.2) is 4.98 Å². The van der Waals surface area contributed by atoms with E-state index in [0.717, 1.165) is 26.4 Å². The molecule has 0 saturated carbocycles. The number of hydrogen-bond acceptors (Lipinski definition) is 5. The van der Waals surface area contributed by atoms with Crippen molar-refractivity contribution in [2.45, 2.75) is 6.92 Å². The maximum atomic E-state index is 12.4. The van der Waals surface area contributed by atoms with Crippen molar-refractivity contribution >= 4 is 33.1 Å². The smallest absolute Gasteiger partial charge is 0.262 e. The molecule has 5 nitrogen and oxygen atoms in total. The lowest BCUT2D eigenvalue weighted by atomic mass is 10.2. The molecule has 29 heavy (non-hydrogen) atoms. The third-order valence-corrected chi connectivity index (χ3v) is 5.45. The number of carbonyl (C=O) groups is 1. The molecule has 4 aromatic rings. The van der Waals surface area contributed by atoms with Crippen LogP contribution < -0.4 is 14.8 Å². The molecule has 0 saturated heterocycles. The molecule has 1 heterocycles. The molecular weight excluding hydrogens is 384 g/mol. The number of fused-ring (bicyclic) bond motifs is 1. The van der Waals surface area contributed by atoms with Gasteiger partial charge in [0.05, 0.1) is 17.3 Å². The fourth-order valence-corrected chi connectivity index (χ4v) is 3.92. The third kappa shape index (κ3) is 4.38. The molecule has 6 heteroatoms. The van der Waals surface area contributed by atoms with E-state index in [4.69, 9.17) is 9.47 Å². The van der Waals surface area contributed by atoms with Gasteiger partial charge in [-0.2, -0.15) is 0 Å². The first-order chi connectivity index (χ1) is 14.1. The predicted molar refractivity (Wildman–Crippen MR) is 117 cm³/mol. The number of methoxy groups -OCH3 is 1.